The van der Waals surface area contributed by atoms with Gasteiger partial charge >= 0.3 is 0 Å². The van der Waals surface area contributed by atoms with Crippen LogP contribution in [0.3, 0.4) is 0 Å². The maximum Gasteiger partial charge on any atom is 0.212 e. The van der Waals surface area contributed by atoms with Crippen LogP contribution in [-0.2, 0) is 4.74 Å². The average molecular weight is 343 g/mol. The predicted octanol–water partition coefficient (Wildman–Crippen LogP) is 2.07. The lowest BCUT2D eigenvalue weighted by atomic mass is 10.1. The zero-order chi connectivity index (χ0) is 16.4. The standard InChI is InChI=1S/C17H21N5OS/c1-13(11-21-7-9-23-10-8-21)16-18-19-17-22(16)20-15(12-24-17)14-5-3-2-4-6-14/h2-6,13H,7-12H2,1H3. The van der Waals surface area contributed by atoms with Crippen molar-refractivity contribution in [2.24, 2.45) is 5.10 Å². The van der Waals surface area contributed by atoms with Crippen LogP contribution in [0.15, 0.2) is 40.6 Å². The molecule has 1 aromatic heterocycles. The SMILES string of the molecule is CC(CN1CCOCC1)c1nnc2n1N=C(c1ccccc1)CS2. The van der Waals surface area contributed by atoms with E-state index in [1.807, 2.05) is 22.9 Å². The van der Waals surface area contributed by atoms with Gasteiger partial charge in [0.15, 0.2) is 5.82 Å². The normalized spacial score (nSPS) is 19.6. The molecule has 6 nitrogen and oxygen atoms in total. The highest BCUT2D eigenvalue weighted by Gasteiger charge is 2.24. The maximum absolute atomic E-state index is 5.43. The van der Waals surface area contributed by atoms with Crippen molar-refractivity contribution in [1.29, 1.82) is 0 Å². The molecule has 0 N–H and O–H groups in total. The summed E-state index contributed by atoms with van der Waals surface area (Å²) in [6, 6.07) is 10.3. The Hall–Kier alpha value is -1.70. The Morgan fingerprint density at radius 3 is 2.75 bits per heavy atom. The van der Waals surface area contributed by atoms with Gasteiger partial charge in [0.05, 0.1) is 18.9 Å². The summed E-state index contributed by atoms with van der Waals surface area (Å²) < 4.78 is 7.36. The van der Waals surface area contributed by atoms with Crippen molar-refractivity contribution < 1.29 is 4.74 Å². The number of nitrogens with zero attached hydrogens (tertiary/aromatic N) is 5. The Labute approximate surface area is 145 Å². The molecule has 0 bridgehead atoms. The quantitative estimate of drug-likeness (QED) is 0.851. The number of hydrogen-bond acceptors (Lipinski definition) is 6. The van der Waals surface area contributed by atoms with E-state index in [2.05, 4.69) is 34.2 Å². The van der Waals surface area contributed by atoms with Gasteiger partial charge in [-0.3, -0.25) is 4.90 Å². The van der Waals surface area contributed by atoms with Gasteiger partial charge in [-0.05, 0) is 5.56 Å². The number of aromatic nitrogens is 3. The minimum atomic E-state index is 0.281. The van der Waals surface area contributed by atoms with E-state index in [1.54, 1.807) is 11.8 Å². The smallest absolute Gasteiger partial charge is 0.212 e. The zero-order valence-corrected chi connectivity index (χ0v) is 14.6. The van der Waals surface area contributed by atoms with Crippen LogP contribution in [-0.4, -0.2) is 64.1 Å². The molecule has 3 heterocycles. The highest BCUT2D eigenvalue weighted by atomic mass is 32.2. The molecule has 0 spiro atoms. The Balaban J connectivity index is 1.57. The average Bonchev–Trinajstić information content (AvgIpc) is 3.06. The molecule has 0 saturated carbocycles. The van der Waals surface area contributed by atoms with Crippen molar-refractivity contribution in [2.75, 3.05) is 38.6 Å². The molecule has 0 radical (unpaired) electrons. The first-order chi connectivity index (χ1) is 11.8. The molecule has 1 saturated heterocycles. The van der Waals surface area contributed by atoms with Crippen molar-refractivity contribution in [3.8, 4) is 0 Å². The Morgan fingerprint density at radius 2 is 1.96 bits per heavy atom. The second kappa shape index (κ2) is 7.04. The van der Waals surface area contributed by atoms with Gasteiger partial charge in [-0.25, -0.2) is 0 Å². The third kappa shape index (κ3) is 3.24. The molecule has 2 aromatic rings. The zero-order valence-electron chi connectivity index (χ0n) is 13.8. The molecule has 24 heavy (non-hydrogen) atoms. The van der Waals surface area contributed by atoms with Gasteiger partial charge < -0.3 is 4.74 Å². The van der Waals surface area contributed by atoms with E-state index in [0.29, 0.717) is 0 Å². The molecule has 4 rings (SSSR count). The number of hydrogen-bond donors (Lipinski definition) is 0. The van der Waals surface area contributed by atoms with Gasteiger partial charge in [-0.15, -0.1) is 10.2 Å². The minimum Gasteiger partial charge on any atom is -0.379 e. The summed E-state index contributed by atoms with van der Waals surface area (Å²) in [6.07, 6.45) is 0. The fraction of sp³-hybridized carbons (Fsp3) is 0.471. The van der Waals surface area contributed by atoms with Crippen molar-refractivity contribution in [3.63, 3.8) is 0 Å². The molecule has 7 heteroatoms. The molecule has 1 unspecified atom stereocenters. The van der Waals surface area contributed by atoms with E-state index in [0.717, 1.165) is 60.9 Å². The molecule has 1 fully saturated rings. The largest absolute Gasteiger partial charge is 0.379 e. The van der Waals surface area contributed by atoms with Gasteiger partial charge in [0.2, 0.25) is 5.16 Å². The number of ether oxygens (including phenoxy) is 1. The van der Waals surface area contributed by atoms with Crippen molar-refractivity contribution >= 4 is 17.5 Å². The molecule has 2 aliphatic heterocycles. The fourth-order valence-corrected chi connectivity index (χ4v) is 3.92. The Kier molecular flexibility index (Phi) is 4.64. The van der Waals surface area contributed by atoms with E-state index >= 15 is 0 Å². The molecule has 1 aromatic carbocycles. The second-order valence-electron chi connectivity index (χ2n) is 6.17. The van der Waals surface area contributed by atoms with Crippen LogP contribution in [0.2, 0.25) is 0 Å². The van der Waals surface area contributed by atoms with Gasteiger partial charge in [-0.2, -0.15) is 9.78 Å². The molecule has 0 aliphatic carbocycles. The lowest BCUT2D eigenvalue weighted by molar-refractivity contribution is 0.0353. The number of benzene rings is 1. The number of fused-ring (bicyclic) bond motifs is 1. The minimum absolute atomic E-state index is 0.281. The van der Waals surface area contributed by atoms with E-state index in [-0.39, 0.29) is 5.92 Å². The summed E-state index contributed by atoms with van der Waals surface area (Å²) in [5, 5.41) is 14.5. The Morgan fingerprint density at radius 1 is 1.17 bits per heavy atom. The summed E-state index contributed by atoms with van der Waals surface area (Å²) in [5.74, 6) is 2.06. The molecule has 126 valence electrons. The van der Waals surface area contributed by atoms with E-state index in [4.69, 9.17) is 9.84 Å². The van der Waals surface area contributed by atoms with Crippen molar-refractivity contribution in [3.05, 3.63) is 41.7 Å². The van der Waals surface area contributed by atoms with E-state index in [9.17, 15) is 0 Å². The van der Waals surface area contributed by atoms with Gasteiger partial charge in [0, 0.05) is 31.3 Å². The first-order valence-corrected chi connectivity index (χ1v) is 9.31. The molecule has 1 atom stereocenters. The van der Waals surface area contributed by atoms with Gasteiger partial charge in [0.1, 0.15) is 0 Å². The van der Waals surface area contributed by atoms with Crippen LogP contribution >= 0.6 is 11.8 Å². The predicted molar refractivity (Wildman–Crippen MR) is 94.8 cm³/mol. The number of morpholine rings is 1. The van der Waals surface area contributed by atoms with Crippen molar-refractivity contribution in [1.82, 2.24) is 19.8 Å². The van der Waals surface area contributed by atoms with Crippen molar-refractivity contribution in [2.45, 2.75) is 18.0 Å². The second-order valence-corrected chi connectivity index (χ2v) is 7.11. The monoisotopic (exact) mass is 343 g/mol. The molecular weight excluding hydrogens is 322 g/mol. The third-order valence-corrected chi connectivity index (χ3v) is 5.31. The topological polar surface area (TPSA) is 55.5 Å². The molecule has 0 amide bonds. The third-order valence-electron chi connectivity index (χ3n) is 4.38. The van der Waals surface area contributed by atoms with E-state index < -0.39 is 0 Å². The maximum atomic E-state index is 5.43. The van der Waals surface area contributed by atoms with Crippen LogP contribution in [0, 0.1) is 0 Å². The lowest BCUT2D eigenvalue weighted by Crippen LogP contribution is -2.38. The highest BCUT2D eigenvalue weighted by molar-refractivity contribution is 7.99. The van der Waals surface area contributed by atoms with Crippen LogP contribution in [0.25, 0.3) is 0 Å². The van der Waals surface area contributed by atoms with Crippen LogP contribution in [0.5, 0.6) is 0 Å². The van der Waals surface area contributed by atoms with Crippen LogP contribution < -0.4 is 0 Å². The summed E-state index contributed by atoms with van der Waals surface area (Å²) >= 11 is 1.70. The molecule has 2 aliphatic rings. The first kappa shape index (κ1) is 15.8. The summed E-state index contributed by atoms with van der Waals surface area (Å²) in [5.41, 5.74) is 2.24. The highest BCUT2D eigenvalue weighted by Crippen LogP contribution is 2.27. The number of rotatable bonds is 4. The van der Waals surface area contributed by atoms with Crippen LogP contribution in [0.4, 0.5) is 0 Å². The molecular formula is C17H21N5OS. The number of thioether (sulfide) groups is 1. The summed E-state index contributed by atoms with van der Waals surface area (Å²) in [7, 11) is 0. The fourth-order valence-electron chi connectivity index (χ4n) is 3.07. The first-order valence-electron chi connectivity index (χ1n) is 8.33. The summed E-state index contributed by atoms with van der Waals surface area (Å²) in [4.78, 5) is 2.42. The summed E-state index contributed by atoms with van der Waals surface area (Å²) in [6.45, 7) is 6.76. The van der Waals surface area contributed by atoms with E-state index in [1.165, 1.54) is 0 Å². The van der Waals surface area contributed by atoms with Gasteiger partial charge in [0.25, 0.3) is 0 Å². The van der Waals surface area contributed by atoms with Crippen LogP contribution in [0.1, 0.15) is 24.2 Å². The lowest BCUT2D eigenvalue weighted by Gasteiger charge is -2.28. The Bertz CT molecular complexity index is 724. The van der Waals surface area contributed by atoms with Gasteiger partial charge in [-0.1, -0.05) is 49.0 Å².